The van der Waals surface area contributed by atoms with Gasteiger partial charge in [0.05, 0.1) is 11.4 Å². The molecule has 0 bridgehead atoms. The predicted octanol–water partition coefficient (Wildman–Crippen LogP) is 0.959. The van der Waals surface area contributed by atoms with Gasteiger partial charge in [-0.2, -0.15) is 5.10 Å². The van der Waals surface area contributed by atoms with Crippen LogP contribution in [0.3, 0.4) is 0 Å². The molecule has 0 aromatic carbocycles. The molecule has 1 rings (SSSR count). The molecular weight excluding hydrogens is 282 g/mol. The van der Waals surface area contributed by atoms with E-state index in [0.29, 0.717) is 24.2 Å². The fourth-order valence-corrected chi connectivity index (χ4v) is 3.80. The maximum Gasteiger partial charge on any atom is 0.303 e. The van der Waals surface area contributed by atoms with Gasteiger partial charge in [0.1, 0.15) is 4.90 Å². The third-order valence-electron chi connectivity index (χ3n) is 3.10. The topological polar surface area (TPSA) is 101 Å². The summed E-state index contributed by atoms with van der Waals surface area (Å²) < 4.78 is 28.7. The van der Waals surface area contributed by atoms with Gasteiger partial charge in [0.2, 0.25) is 10.0 Å². The summed E-state index contributed by atoms with van der Waals surface area (Å²) >= 11 is 0. The highest BCUT2D eigenvalue weighted by Gasteiger charge is 2.25. The third kappa shape index (κ3) is 4.04. The molecule has 0 aliphatic carbocycles. The number of hydrogen-bond donors (Lipinski definition) is 2. The molecule has 0 spiro atoms. The number of carboxylic acid groups (broad SMARTS) is 1. The van der Waals surface area contributed by atoms with Crippen LogP contribution in [0.1, 0.15) is 37.6 Å². The maximum absolute atomic E-state index is 12.3. The van der Waals surface area contributed by atoms with Crippen molar-refractivity contribution in [2.45, 2.75) is 51.0 Å². The number of rotatable bonds is 7. The van der Waals surface area contributed by atoms with E-state index in [1.807, 2.05) is 0 Å². The van der Waals surface area contributed by atoms with Crippen LogP contribution in [-0.4, -0.2) is 35.3 Å². The zero-order valence-corrected chi connectivity index (χ0v) is 13.0. The quantitative estimate of drug-likeness (QED) is 0.781. The number of nitrogens with zero attached hydrogens (tertiary/aromatic N) is 2. The Morgan fingerprint density at radius 2 is 2.05 bits per heavy atom. The first kappa shape index (κ1) is 16.6. The minimum atomic E-state index is -3.63. The Hall–Kier alpha value is -1.41. The number of aromatic nitrogens is 2. The van der Waals surface area contributed by atoms with Crippen LogP contribution in [0.4, 0.5) is 0 Å². The Kier molecular flexibility index (Phi) is 5.29. The van der Waals surface area contributed by atoms with Crippen molar-refractivity contribution in [2.24, 2.45) is 7.05 Å². The van der Waals surface area contributed by atoms with E-state index in [1.54, 1.807) is 27.8 Å². The summed E-state index contributed by atoms with van der Waals surface area (Å²) in [6.45, 7) is 5.07. The van der Waals surface area contributed by atoms with Crippen molar-refractivity contribution < 1.29 is 18.3 Å². The smallest absolute Gasteiger partial charge is 0.303 e. The number of sulfonamides is 1. The molecule has 0 aliphatic heterocycles. The van der Waals surface area contributed by atoms with E-state index in [9.17, 15) is 13.2 Å². The van der Waals surface area contributed by atoms with Crippen LogP contribution in [0.25, 0.3) is 0 Å². The SMILES string of the molecule is Cc1nn(C)c(C)c1S(=O)(=O)NC(C)CCCC(=O)O. The van der Waals surface area contributed by atoms with Crippen molar-refractivity contribution in [1.29, 1.82) is 0 Å². The Bertz CT molecular complexity index is 592. The van der Waals surface area contributed by atoms with Crippen LogP contribution in [0.15, 0.2) is 4.90 Å². The number of carboxylic acids is 1. The molecule has 20 heavy (non-hydrogen) atoms. The Balaban J connectivity index is 2.77. The molecule has 8 heteroatoms. The summed E-state index contributed by atoms with van der Waals surface area (Å²) in [4.78, 5) is 10.6. The monoisotopic (exact) mass is 303 g/mol. The van der Waals surface area contributed by atoms with Crippen LogP contribution in [0.5, 0.6) is 0 Å². The van der Waals surface area contributed by atoms with Gasteiger partial charge in [-0.05, 0) is 33.6 Å². The minimum absolute atomic E-state index is 0.0387. The fourth-order valence-electron chi connectivity index (χ4n) is 2.09. The van der Waals surface area contributed by atoms with Gasteiger partial charge in [0, 0.05) is 19.5 Å². The lowest BCUT2D eigenvalue weighted by Gasteiger charge is -2.14. The lowest BCUT2D eigenvalue weighted by molar-refractivity contribution is -0.137. The summed E-state index contributed by atoms with van der Waals surface area (Å²) in [5.41, 5.74) is 1.03. The molecule has 0 saturated heterocycles. The first-order valence-electron chi connectivity index (χ1n) is 6.39. The highest BCUT2D eigenvalue weighted by molar-refractivity contribution is 7.89. The van der Waals surface area contributed by atoms with Crippen molar-refractivity contribution in [3.05, 3.63) is 11.4 Å². The average Bonchev–Trinajstić information content (AvgIpc) is 2.51. The summed E-state index contributed by atoms with van der Waals surface area (Å²) in [5, 5.41) is 12.7. The maximum atomic E-state index is 12.3. The number of carbonyl (C=O) groups is 1. The lowest BCUT2D eigenvalue weighted by Crippen LogP contribution is -2.33. The molecule has 1 aromatic heterocycles. The molecule has 114 valence electrons. The molecule has 0 radical (unpaired) electrons. The van der Waals surface area contributed by atoms with E-state index >= 15 is 0 Å². The summed E-state index contributed by atoms with van der Waals surface area (Å²) in [6, 6.07) is -0.321. The largest absolute Gasteiger partial charge is 0.481 e. The normalized spacial score (nSPS) is 13.4. The van der Waals surface area contributed by atoms with Gasteiger partial charge < -0.3 is 5.11 Å². The van der Waals surface area contributed by atoms with Crippen LogP contribution >= 0.6 is 0 Å². The van der Waals surface area contributed by atoms with Gasteiger partial charge in [-0.1, -0.05) is 0 Å². The second kappa shape index (κ2) is 6.36. The second-order valence-corrected chi connectivity index (χ2v) is 6.58. The number of aliphatic carboxylic acids is 1. The molecule has 0 aliphatic rings. The molecule has 0 fully saturated rings. The Labute approximate surface area is 119 Å². The van der Waals surface area contributed by atoms with Gasteiger partial charge >= 0.3 is 5.97 Å². The van der Waals surface area contributed by atoms with E-state index in [2.05, 4.69) is 9.82 Å². The zero-order chi connectivity index (χ0) is 15.5. The highest BCUT2D eigenvalue weighted by atomic mass is 32.2. The van der Waals surface area contributed by atoms with E-state index < -0.39 is 16.0 Å². The minimum Gasteiger partial charge on any atom is -0.481 e. The van der Waals surface area contributed by atoms with Gasteiger partial charge in [0.15, 0.2) is 0 Å². The van der Waals surface area contributed by atoms with Crippen LogP contribution in [0.2, 0.25) is 0 Å². The van der Waals surface area contributed by atoms with Crippen LogP contribution < -0.4 is 4.72 Å². The summed E-state index contributed by atoms with van der Waals surface area (Å²) in [6.07, 6.45) is 0.949. The van der Waals surface area contributed by atoms with Crippen molar-refractivity contribution in [2.75, 3.05) is 0 Å². The molecular formula is C12H21N3O4S. The van der Waals surface area contributed by atoms with Gasteiger partial charge in [-0.25, -0.2) is 13.1 Å². The predicted molar refractivity (Wildman–Crippen MR) is 74.0 cm³/mol. The first-order valence-corrected chi connectivity index (χ1v) is 7.87. The van der Waals surface area contributed by atoms with Crippen LogP contribution in [0, 0.1) is 13.8 Å². The molecule has 1 heterocycles. The third-order valence-corrected chi connectivity index (χ3v) is 4.94. The first-order chi connectivity index (χ1) is 9.15. The van der Waals surface area contributed by atoms with Crippen molar-refractivity contribution in [3.63, 3.8) is 0 Å². The highest BCUT2D eigenvalue weighted by Crippen LogP contribution is 2.19. The number of nitrogens with one attached hydrogen (secondary N) is 1. The van der Waals surface area contributed by atoms with Gasteiger partial charge in [0.25, 0.3) is 0 Å². The molecule has 0 amide bonds. The Morgan fingerprint density at radius 3 is 2.50 bits per heavy atom. The zero-order valence-electron chi connectivity index (χ0n) is 12.2. The molecule has 1 aromatic rings. The van der Waals surface area contributed by atoms with Crippen molar-refractivity contribution in [3.8, 4) is 0 Å². The standard InChI is InChI=1S/C12H21N3O4S/c1-8(6-5-7-11(16)17)14-20(18,19)12-9(2)13-15(4)10(12)3/h8,14H,5-7H2,1-4H3,(H,16,17). The van der Waals surface area contributed by atoms with Gasteiger partial charge in [-0.15, -0.1) is 0 Å². The average molecular weight is 303 g/mol. The summed E-state index contributed by atoms with van der Waals surface area (Å²) in [5.74, 6) is -0.876. The molecule has 0 saturated carbocycles. The number of aryl methyl sites for hydroxylation is 2. The van der Waals surface area contributed by atoms with Crippen molar-refractivity contribution in [1.82, 2.24) is 14.5 Å². The van der Waals surface area contributed by atoms with Gasteiger partial charge in [-0.3, -0.25) is 9.48 Å². The van der Waals surface area contributed by atoms with Crippen molar-refractivity contribution >= 4 is 16.0 Å². The lowest BCUT2D eigenvalue weighted by atomic mass is 10.1. The molecule has 7 nitrogen and oxygen atoms in total. The van der Waals surface area contributed by atoms with Crippen LogP contribution in [-0.2, 0) is 21.9 Å². The van der Waals surface area contributed by atoms with E-state index in [1.165, 1.54) is 4.68 Å². The molecule has 2 N–H and O–H groups in total. The number of hydrogen-bond acceptors (Lipinski definition) is 4. The molecule has 1 unspecified atom stereocenters. The summed E-state index contributed by atoms with van der Waals surface area (Å²) in [7, 11) is -1.94. The van der Waals surface area contributed by atoms with E-state index in [0.717, 1.165) is 0 Å². The fraction of sp³-hybridized carbons (Fsp3) is 0.667. The second-order valence-electron chi connectivity index (χ2n) is 4.93. The van der Waals surface area contributed by atoms with E-state index in [-0.39, 0.29) is 17.4 Å². The Morgan fingerprint density at radius 1 is 1.45 bits per heavy atom. The molecule has 1 atom stereocenters. The van der Waals surface area contributed by atoms with E-state index in [4.69, 9.17) is 5.11 Å².